The second kappa shape index (κ2) is 13.9. The van der Waals surface area contributed by atoms with Crippen LogP contribution in [0.5, 0.6) is 11.5 Å². The van der Waals surface area contributed by atoms with Crippen LogP contribution < -0.4 is 21.7 Å². The van der Waals surface area contributed by atoms with E-state index in [-0.39, 0.29) is 47.8 Å². The summed E-state index contributed by atoms with van der Waals surface area (Å²) in [7, 11) is 0. The number of nitrogens with two attached hydrogens (primary N) is 1. The van der Waals surface area contributed by atoms with Gasteiger partial charge in [-0.2, -0.15) is 0 Å². The fourth-order valence-electron chi connectivity index (χ4n) is 5.23. The maximum atomic E-state index is 13.1. The van der Waals surface area contributed by atoms with Crippen molar-refractivity contribution < 1.29 is 34.2 Å². The van der Waals surface area contributed by atoms with Crippen molar-refractivity contribution in [1.82, 2.24) is 15.5 Å². The molecular formula is C30H37N5O7. The number of unbranched alkanes of at least 4 members (excludes halogenated alkanes) is 5. The van der Waals surface area contributed by atoms with Crippen LogP contribution in [0.15, 0.2) is 36.4 Å². The Bertz CT molecular complexity index is 1360. The summed E-state index contributed by atoms with van der Waals surface area (Å²) < 4.78 is 0. The second-order valence-corrected chi connectivity index (χ2v) is 10.6. The van der Waals surface area contributed by atoms with Gasteiger partial charge in [0.15, 0.2) is 11.5 Å². The SMILES string of the molecule is NC(Cc1ccc(O)c(O)c1)C(=O)NCCCCCCCCNc1cccc2c1C(=O)N(C1CCC(=O)NC1=O)C2=O. The molecule has 4 rings (SSSR count). The molecule has 0 aliphatic carbocycles. The molecule has 2 aromatic carbocycles. The molecule has 0 bridgehead atoms. The Morgan fingerprint density at radius 3 is 2.38 bits per heavy atom. The molecule has 42 heavy (non-hydrogen) atoms. The fraction of sp³-hybridized carbons (Fsp3) is 0.433. The molecule has 0 saturated carbocycles. The van der Waals surface area contributed by atoms with Crippen LogP contribution in [0.1, 0.15) is 77.6 Å². The van der Waals surface area contributed by atoms with E-state index in [1.807, 2.05) is 0 Å². The number of hydrogen-bond acceptors (Lipinski definition) is 9. The van der Waals surface area contributed by atoms with Gasteiger partial charge < -0.3 is 26.6 Å². The van der Waals surface area contributed by atoms with Crippen molar-refractivity contribution in [2.24, 2.45) is 5.73 Å². The van der Waals surface area contributed by atoms with E-state index in [2.05, 4.69) is 16.0 Å². The van der Waals surface area contributed by atoms with Crippen molar-refractivity contribution in [2.45, 2.75) is 69.9 Å². The highest BCUT2D eigenvalue weighted by molar-refractivity contribution is 6.25. The summed E-state index contributed by atoms with van der Waals surface area (Å²) in [6.45, 7) is 1.14. The number of nitrogens with one attached hydrogen (secondary N) is 3. The molecule has 1 saturated heterocycles. The molecule has 2 aromatic rings. The normalized spacial score (nSPS) is 17.2. The monoisotopic (exact) mass is 579 g/mol. The second-order valence-electron chi connectivity index (χ2n) is 10.6. The maximum Gasteiger partial charge on any atom is 0.264 e. The lowest BCUT2D eigenvalue weighted by molar-refractivity contribution is -0.136. The van der Waals surface area contributed by atoms with Crippen LogP contribution in [0, 0.1) is 0 Å². The topological polar surface area (TPSA) is 191 Å². The van der Waals surface area contributed by atoms with Crippen LogP contribution in [0.25, 0.3) is 0 Å². The van der Waals surface area contributed by atoms with Crippen LogP contribution >= 0.6 is 0 Å². The molecule has 2 heterocycles. The highest BCUT2D eigenvalue weighted by atomic mass is 16.3. The standard InChI is InChI=1S/C30H37N5O7/c31-20(16-18-10-12-23(36)24(37)17-18)27(39)33-15-6-4-2-1-3-5-14-32-21-9-7-8-19-26(21)30(42)35(29(19)41)22-11-13-25(38)34-28(22)40/h7-10,12,17,20,22,32,36-37H,1-6,11,13-16,31H2,(H,33,39)(H,34,38,40). The van der Waals surface area contributed by atoms with Gasteiger partial charge in [0.05, 0.1) is 17.2 Å². The molecule has 2 atom stereocenters. The number of piperidine rings is 1. The molecule has 1 fully saturated rings. The predicted octanol–water partition coefficient (Wildman–Crippen LogP) is 1.94. The van der Waals surface area contributed by atoms with Crippen LogP contribution in [0.2, 0.25) is 0 Å². The highest BCUT2D eigenvalue weighted by Crippen LogP contribution is 2.32. The Balaban J connectivity index is 1.11. The van der Waals surface area contributed by atoms with Gasteiger partial charge in [0.1, 0.15) is 6.04 Å². The van der Waals surface area contributed by atoms with Crippen LogP contribution in [-0.4, -0.2) is 69.8 Å². The van der Waals surface area contributed by atoms with Gasteiger partial charge in [0.2, 0.25) is 17.7 Å². The molecule has 0 radical (unpaired) electrons. The molecule has 12 nitrogen and oxygen atoms in total. The quantitative estimate of drug-likeness (QED) is 0.110. The zero-order valence-corrected chi connectivity index (χ0v) is 23.4. The highest BCUT2D eigenvalue weighted by Gasteiger charge is 2.45. The third kappa shape index (κ3) is 7.24. The fourth-order valence-corrected chi connectivity index (χ4v) is 5.23. The van der Waals surface area contributed by atoms with Crippen LogP contribution in [-0.2, 0) is 20.8 Å². The van der Waals surface area contributed by atoms with Gasteiger partial charge in [-0.1, -0.05) is 37.8 Å². The number of phenolic OH excluding ortho intramolecular Hbond substituents is 2. The minimum Gasteiger partial charge on any atom is -0.504 e. The lowest BCUT2D eigenvalue weighted by atomic mass is 10.0. The zero-order valence-electron chi connectivity index (χ0n) is 23.4. The van der Waals surface area contributed by atoms with Gasteiger partial charge in [-0.15, -0.1) is 0 Å². The Morgan fingerprint density at radius 2 is 1.67 bits per heavy atom. The van der Waals surface area contributed by atoms with Crippen LogP contribution in [0.3, 0.4) is 0 Å². The third-order valence-corrected chi connectivity index (χ3v) is 7.52. The molecule has 224 valence electrons. The van der Waals surface area contributed by atoms with Gasteiger partial charge in [0, 0.05) is 25.2 Å². The van der Waals surface area contributed by atoms with E-state index < -0.39 is 35.7 Å². The number of imide groups is 2. The minimum absolute atomic E-state index is 0.0760. The number of amides is 5. The number of fused-ring (bicyclic) bond motifs is 1. The maximum absolute atomic E-state index is 13.1. The first-order valence-corrected chi connectivity index (χ1v) is 14.3. The largest absolute Gasteiger partial charge is 0.504 e. The molecule has 0 spiro atoms. The molecule has 2 aliphatic rings. The van der Waals surface area contributed by atoms with E-state index in [0.29, 0.717) is 24.3 Å². The number of carbonyl (C=O) groups is 5. The lowest BCUT2D eigenvalue weighted by Gasteiger charge is -2.27. The van der Waals surface area contributed by atoms with E-state index in [1.165, 1.54) is 12.1 Å². The number of phenols is 2. The molecule has 5 amide bonds. The summed E-state index contributed by atoms with van der Waals surface area (Å²) >= 11 is 0. The summed E-state index contributed by atoms with van der Waals surface area (Å²) in [5, 5.41) is 27.2. The Morgan fingerprint density at radius 1 is 0.952 bits per heavy atom. The number of benzene rings is 2. The zero-order chi connectivity index (χ0) is 30.2. The average Bonchev–Trinajstić information content (AvgIpc) is 3.21. The molecule has 0 aromatic heterocycles. The van der Waals surface area contributed by atoms with Crippen molar-refractivity contribution in [3.8, 4) is 11.5 Å². The predicted molar refractivity (Wildman–Crippen MR) is 154 cm³/mol. The van der Waals surface area contributed by atoms with Gasteiger partial charge in [-0.3, -0.25) is 34.2 Å². The molecule has 7 N–H and O–H groups in total. The van der Waals surface area contributed by atoms with Gasteiger partial charge in [-0.05, 0) is 55.5 Å². The Labute approximate surface area is 243 Å². The summed E-state index contributed by atoms with van der Waals surface area (Å²) in [4.78, 5) is 63.0. The number of anilines is 1. The first-order chi connectivity index (χ1) is 20.2. The number of nitrogens with zero attached hydrogens (tertiary/aromatic N) is 1. The first-order valence-electron chi connectivity index (χ1n) is 14.3. The molecule has 12 heteroatoms. The van der Waals surface area contributed by atoms with E-state index in [4.69, 9.17) is 5.73 Å². The molecular weight excluding hydrogens is 542 g/mol. The number of aromatic hydroxyl groups is 2. The Kier molecular flexibility index (Phi) is 10.1. The van der Waals surface area contributed by atoms with Crippen LogP contribution in [0.4, 0.5) is 5.69 Å². The molecule has 2 aliphatic heterocycles. The van der Waals surface area contributed by atoms with Gasteiger partial charge in [0.25, 0.3) is 11.8 Å². The smallest absolute Gasteiger partial charge is 0.264 e. The van der Waals surface area contributed by atoms with E-state index in [1.54, 1.807) is 24.3 Å². The number of hydrogen-bond donors (Lipinski definition) is 6. The van der Waals surface area contributed by atoms with Crippen molar-refractivity contribution in [2.75, 3.05) is 18.4 Å². The van der Waals surface area contributed by atoms with E-state index in [0.717, 1.165) is 43.4 Å². The summed E-state index contributed by atoms with van der Waals surface area (Å²) in [6, 6.07) is 7.64. The summed E-state index contributed by atoms with van der Waals surface area (Å²) in [5.41, 5.74) is 7.68. The van der Waals surface area contributed by atoms with Crippen molar-refractivity contribution in [1.29, 1.82) is 0 Å². The summed E-state index contributed by atoms with van der Waals surface area (Å²) in [5.74, 6) is -2.82. The lowest BCUT2D eigenvalue weighted by Crippen LogP contribution is -2.54. The van der Waals surface area contributed by atoms with Gasteiger partial charge >= 0.3 is 0 Å². The van der Waals surface area contributed by atoms with E-state index >= 15 is 0 Å². The van der Waals surface area contributed by atoms with Crippen molar-refractivity contribution in [3.05, 3.63) is 53.1 Å². The Hall–Kier alpha value is -4.45. The van der Waals surface area contributed by atoms with Gasteiger partial charge in [-0.25, -0.2) is 0 Å². The number of carbonyl (C=O) groups excluding carboxylic acids is 5. The van der Waals surface area contributed by atoms with E-state index in [9.17, 15) is 34.2 Å². The average molecular weight is 580 g/mol. The third-order valence-electron chi connectivity index (χ3n) is 7.52. The first kappa shape index (κ1) is 30.5. The van der Waals surface area contributed by atoms with Crippen molar-refractivity contribution >= 4 is 35.2 Å². The minimum atomic E-state index is -0.992. The summed E-state index contributed by atoms with van der Waals surface area (Å²) in [6.07, 6.45) is 6.06. The number of rotatable bonds is 14. The van der Waals surface area contributed by atoms with Crippen molar-refractivity contribution in [3.63, 3.8) is 0 Å². The molecule has 2 unspecified atom stereocenters.